The number of rotatable bonds is 9. The predicted octanol–water partition coefficient (Wildman–Crippen LogP) is 7.40. The zero-order valence-corrected chi connectivity index (χ0v) is 19.5. The van der Waals surface area contributed by atoms with Crippen molar-refractivity contribution in [3.05, 3.63) is 69.7 Å². The van der Waals surface area contributed by atoms with Crippen molar-refractivity contribution in [3.63, 3.8) is 0 Å². The van der Waals surface area contributed by atoms with E-state index in [0.29, 0.717) is 12.0 Å². The second-order valence-electron chi connectivity index (χ2n) is 7.48. The third-order valence-corrected chi connectivity index (χ3v) is 7.37. The topological polar surface area (TPSA) is 50.2 Å². The number of carboxylic acids is 1. The van der Waals surface area contributed by atoms with Gasteiger partial charge in [-0.25, -0.2) is 4.98 Å². The van der Waals surface area contributed by atoms with Gasteiger partial charge < -0.3 is 5.11 Å². The Labute approximate surface area is 193 Å². The molecule has 0 unspecified atom stereocenters. The maximum absolute atomic E-state index is 12.8. The Balaban J connectivity index is 1.74. The van der Waals surface area contributed by atoms with Crippen molar-refractivity contribution < 1.29 is 23.1 Å². The van der Waals surface area contributed by atoms with E-state index in [1.165, 1.54) is 23.5 Å². The molecule has 0 saturated carbocycles. The monoisotopic (exact) mass is 479 g/mol. The van der Waals surface area contributed by atoms with Crippen LogP contribution in [-0.4, -0.2) is 16.1 Å². The maximum Gasteiger partial charge on any atom is 0.416 e. The van der Waals surface area contributed by atoms with Crippen molar-refractivity contribution in [1.82, 2.24) is 4.98 Å². The number of aryl methyl sites for hydroxylation is 3. The summed E-state index contributed by atoms with van der Waals surface area (Å²) in [5.74, 6) is -0.0815. The molecule has 3 aromatic rings. The molecule has 0 bridgehead atoms. The van der Waals surface area contributed by atoms with E-state index in [-0.39, 0.29) is 6.42 Å². The number of carboxylic acid groups (broad SMARTS) is 1. The van der Waals surface area contributed by atoms with Crippen LogP contribution in [0.25, 0.3) is 10.6 Å². The first-order valence-corrected chi connectivity index (χ1v) is 12.1. The van der Waals surface area contributed by atoms with Crippen LogP contribution in [0.2, 0.25) is 0 Å². The van der Waals surface area contributed by atoms with Crippen molar-refractivity contribution in [2.24, 2.45) is 0 Å². The summed E-state index contributed by atoms with van der Waals surface area (Å²) in [6, 6.07) is 11.2. The van der Waals surface area contributed by atoms with Crippen molar-refractivity contribution in [2.75, 3.05) is 0 Å². The van der Waals surface area contributed by atoms with Crippen molar-refractivity contribution in [3.8, 4) is 10.6 Å². The fourth-order valence-corrected chi connectivity index (χ4v) is 5.49. The number of alkyl halides is 3. The van der Waals surface area contributed by atoms with Crippen LogP contribution in [-0.2, 0) is 29.6 Å². The molecule has 2 aromatic carbocycles. The Morgan fingerprint density at radius 1 is 1.12 bits per heavy atom. The molecule has 0 aliphatic rings. The quantitative estimate of drug-likeness (QED) is 0.325. The molecule has 1 N–H and O–H groups in total. The Morgan fingerprint density at radius 3 is 2.44 bits per heavy atom. The lowest BCUT2D eigenvalue weighted by Gasteiger charge is -2.08. The van der Waals surface area contributed by atoms with E-state index < -0.39 is 17.7 Å². The summed E-state index contributed by atoms with van der Waals surface area (Å²) in [7, 11) is 0. The number of carbonyl (C=O) groups is 1. The lowest BCUT2D eigenvalue weighted by molar-refractivity contribution is -0.138. The highest BCUT2D eigenvalue weighted by Gasteiger charge is 2.30. The highest BCUT2D eigenvalue weighted by molar-refractivity contribution is 7.98. The summed E-state index contributed by atoms with van der Waals surface area (Å²) in [6.45, 7) is 4.06. The fourth-order valence-electron chi connectivity index (χ4n) is 3.28. The van der Waals surface area contributed by atoms with Crippen LogP contribution >= 0.6 is 23.1 Å². The van der Waals surface area contributed by atoms with Crippen LogP contribution in [0.1, 0.15) is 47.0 Å². The molecule has 0 fully saturated rings. The minimum atomic E-state index is -4.35. The average molecular weight is 480 g/mol. The maximum atomic E-state index is 12.8. The van der Waals surface area contributed by atoms with Crippen LogP contribution in [0.15, 0.2) is 47.4 Å². The normalized spacial score (nSPS) is 11.7. The van der Waals surface area contributed by atoms with Gasteiger partial charge in [-0.15, -0.1) is 23.1 Å². The number of hydrogen-bond donors (Lipinski definition) is 1. The Bertz CT molecular complexity index is 1080. The van der Waals surface area contributed by atoms with Gasteiger partial charge in [-0.05, 0) is 55.2 Å². The lowest BCUT2D eigenvalue weighted by atomic mass is 10.0. The molecule has 32 heavy (non-hydrogen) atoms. The number of benzene rings is 2. The molecule has 0 amide bonds. The number of aliphatic carboxylic acids is 1. The molecule has 170 valence electrons. The van der Waals surface area contributed by atoms with Crippen molar-refractivity contribution >= 4 is 29.1 Å². The molecule has 8 heteroatoms. The van der Waals surface area contributed by atoms with E-state index in [1.807, 2.05) is 19.1 Å². The minimum absolute atomic E-state index is 0.112. The Morgan fingerprint density at radius 2 is 1.84 bits per heavy atom. The second-order valence-corrected chi connectivity index (χ2v) is 9.62. The molecule has 0 spiro atoms. The lowest BCUT2D eigenvalue weighted by Crippen LogP contribution is -2.03. The number of thiazole rings is 1. The van der Waals surface area contributed by atoms with Crippen LogP contribution in [0.4, 0.5) is 13.2 Å². The predicted molar refractivity (Wildman–Crippen MR) is 123 cm³/mol. The van der Waals surface area contributed by atoms with E-state index in [9.17, 15) is 18.0 Å². The van der Waals surface area contributed by atoms with Crippen LogP contribution in [0.3, 0.4) is 0 Å². The SMILES string of the molecule is CCCc1nc(-c2ccc(C(F)(F)F)cc2)sc1CSc1ccc(CCC(=O)O)c(C)c1. The smallest absolute Gasteiger partial charge is 0.416 e. The van der Waals surface area contributed by atoms with Gasteiger partial charge in [0.05, 0.1) is 11.3 Å². The first-order chi connectivity index (χ1) is 15.2. The molecular formula is C24H24F3NO2S2. The average Bonchev–Trinajstić information content (AvgIpc) is 3.14. The van der Waals surface area contributed by atoms with Gasteiger partial charge in [0, 0.05) is 27.5 Å². The summed E-state index contributed by atoms with van der Waals surface area (Å²) in [6.07, 6.45) is -1.97. The summed E-state index contributed by atoms with van der Waals surface area (Å²) < 4.78 is 38.5. The number of thioether (sulfide) groups is 1. The molecule has 0 saturated heterocycles. The molecular weight excluding hydrogens is 455 g/mol. The molecule has 0 radical (unpaired) electrons. The molecule has 0 atom stereocenters. The van der Waals surface area contributed by atoms with Crippen LogP contribution in [0.5, 0.6) is 0 Å². The highest BCUT2D eigenvalue weighted by atomic mass is 32.2. The summed E-state index contributed by atoms with van der Waals surface area (Å²) >= 11 is 3.21. The minimum Gasteiger partial charge on any atom is -0.481 e. The van der Waals surface area contributed by atoms with Gasteiger partial charge in [-0.2, -0.15) is 13.2 Å². The molecule has 1 aromatic heterocycles. The molecule has 0 aliphatic heterocycles. The molecule has 1 heterocycles. The van der Waals surface area contributed by atoms with Crippen molar-refractivity contribution in [1.29, 1.82) is 0 Å². The first kappa shape index (κ1) is 24.3. The van der Waals surface area contributed by atoms with E-state index in [2.05, 4.69) is 13.0 Å². The van der Waals surface area contributed by atoms with Gasteiger partial charge in [-0.1, -0.05) is 31.5 Å². The van der Waals surface area contributed by atoms with Gasteiger partial charge in [0.25, 0.3) is 0 Å². The molecule has 0 aliphatic carbocycles. The standard InChI is InChI=1S/C24H24F3NO2S2/c1-3-4-20-21(14-31-19-11-7-16(15(2)13-19)8-12-22(29)30)32-23(28-20)17-5-9-18(10-6-17)24(25,26)27/h5-7,9-11,13H,3-4,8,12,14H2,1-2H3,(H,29,30). The summed E-state index contributed by atoms with van der Waals surface area (Å²) in [5.41, 5.74) is 3.13. The first-order valence-electron chi connectivity index (χ1n) is 10.3. The summed E-state index contributed by atoms with van der Waals surface area (Å²) in [4.78, 5) is 17.7. The number of hydrogen-bond acceptors (Lipinski definition) is 4. The number of aromatic nitrogens is 1. The van der Waals surface area contributed by atoms with Gasteiger partial charge in [0.15, 0.2) is 0 Å². The Kier molecular flexibility index (Phi) is 8.00. The highest BCUT2D eigenvalue weighted by Crippen LogP contribution is 2.36. The Hall–Kier alpha value is -2.32. The van der Waals surface area contributed by atoms with Gasteiger partial charge >= 0.3 is 12.1 Å². The van der Waals surface area contributed by atoms with Gasteiger partial charge in [0.1, 0.15) is 5.01 Å². The number of nitrogens with zero attached hydrogens (tertiary/aromatic N) is 1. The zero-order chi connectivity index (χ0) is 23.3. The van der Waals surface area contributed by atoms with E-state index >= 15 is 0 Å². The van der Waals surface area contributed by atoms with Gasteiger partial charge in [0.2, 0.25) is 0 Å². The fraction of sp³-hybridized carbons (Fsp3) is 0.333. The van der Waals surface area contributed by atoms with Crippen LogP contribution < -0.4 is 0 Å². The summed E-state index contributed by atoms with van der Waals surface area (Å²) in [5, 5.41) is 9.61. The van der Waals surface area contributed by atoms with E-state index in [0.717, 1.165) is 62.3 Å². The van der Waals surface area contributed by atoms with Gasteiger partial charge in [-0.3, -0.25) is 4.79 Å². The molecule has 3 nitrogen and oxygen atoms in total. The third-order valence-electron chi connectivity index (χ3n) is 5.02. The van der Waals surface area contributed by atoms with Crippen LogP contribution in [0, 0.1) is 6.92 Å². The van der Waals surface area contributed by atoms with Crippen molar-refractivity contribution in [2.45, 2.75) is 56.4 Å². The van der Waals surface area contributed by atoms with E-state index in [1.54, 1.807) is 11.8 Å². The number of halogens is 3. The third kappa shape index (κ3) is 6.36. The largest absolute Gasteiger partial charge is 0.481 e. The zero-order valence-electron chi connectivity index (χ0n) is 17.8. The molecule has 3 rings (SSSR count). The van der Waals surface area contributed by atoms with E-state index in [4.69, 9.17) is 10.1 Å². The second kappa shape index (κ2) is 10.5.